The van der Waals surface area contributed by atoms with Crippen LogP contribution < -0.4 is 0 Å². The lowest BCUT2D eigenvalue weighted by atomic mass is 10.1. The van der Waals surface area contributed by atoms with Gasteiger partial charge in [-0.3, -0.25) is 0 Å². The molecule has 114 valence electrons. The Balaban J connectivity index is 1.71. The van der Waals surface area contributed by atoms with Gasteiger partial charge in [0.1, 0.15) is 0 Å². The van der Waals surface area contributed by atoms with Gasteiger partial charge < -0.3 is 4.52 Å². The Morgan fingerprint density at radius 2 is 1.95 bits per heavy atom. The summed E-state index contributed by atoms with van der Waals surface area (Å²) in [6.45, 7) is 6.15. The Hall–Kier alpha value is -2.22. The maximum Gasteiger partial charge on any atom is 0.237 e. The van der Waals surface area contributed by atoms with Gasteiger partial charge in [-0.1, -0.05) is 47.3 Å². The van der Waals surface area contributed by atoms with Crippen LogP contribution in [0.5, 0.6) is 0 Å². The lowest BCUT2D eigenvalue weighted by Gasteiger charge is -2.19. The van der Waals surface area contributed by atoms with Crippen molar-refractivity contribution < 1.29 is 4.52 Å². The number of hydrogen-bond acceptors (Lipinski definition) is 7. The molecule has 0 radical (unpaired) electrons. The van der Waals surface area contributed by atoms with Gasteiger partial charge in [-0.05, 0) is 31.2 Å². The summed E-state index contributed by atoms with van der Waals surface area (Å²) in [4.78, 5) is 4.40. The lowest BCUT2D eigenvalue weighted by Crippen LogP contribution is -2.24. The SMILES string of the molecule is CC(C)(C)n1nnnc1SCc1nc(-c2ccccc2)no1. The first kappa shape index (κ1) is 14.7. The molecule has 0 saturated carbocycles. The van der Waals surface area contributed by atoms with Gasteiger partial charge in [0, 0.05) is 5.56 Å². The molecular weight excluding hydrogens is 300 g/mol. The largest absolute Gasteiger partial charge is 0.338 e. The second kappa shape index (κ2) is 5.88. The van der Waals surface area contributed by atoms with E-state index in [1.165, 1.54) is 11.8 Å². The van der Waals surface area contributed by atoms with Crippen molar-refractivity contribution in [2.24, 2.45) is 0 Å². The Labute approximate surface area is 132 Å². The fourth-order valence-electron chi connectivity index (χ4n) is 1.83. The summed E-state index contributed by atoms with van der Waals surface area (Å²) in [5, 5.41) is 16.5. The first-order valence-corrected chi connectivity index (χ1v) is 7.82. The fourth-order valence-corrected chi connectivity index (χ4v) is 2.73. The molecule has 0 atom stereocenters. The average molecular weight is 316 g/mol. The smallest absolute Gasteiger partial charge is 0.237 e. The maximum absolute atomic E-state index is 5.28. The summed E-state index contributed by atoms with van der Waals surface area (Å²) in [7, 11) is 0. The van der Waals surface area contributed by atoms with Crippen LogP contribution in [0.15, 0.2) is 40.0 Å². The van der Waals surface area contributed by atoms with Crippen LogP contribution in [-0.4, -0.2) is 30.3 Å². The highest BCUT2D eigenvalue weighted by molar-refractivity contribution is 7.98. The molecule has 7 nitrogen and oxygen atoms in total. The van der Waals surface area contributed by atoms with E-state index >= 15 is 0 Å². The maximum atomic E-state index is 5.28. The normalized spacial score (nSPS) is 11.8. The van der Waals surface area contributed by atoms with Crippen LogP contribution in [0, 0.1) is 0 Å². The van der Waals surface area contributed by atoms with Crippen LogP contribution in [0.1, 0.15) is 26.7 Å². The zero-order valence-electron chi connectivity index (χ0n) is 12.6. The van der Waals surface area contributed by atoms with Gasteiger partial charge in [-0.25, -0.2) is 4.68 Å². The van der Waals surface area contributed by atoms with Crippen LogP contribution in [0.4, 0.5) is 0 Å². The zero-order chi connectivity index (χ0) is 15.6. The van der Waals surface area contributed by atoms with Crippen molar-refractivity contribution in [1.29, 1.82) is 0 Å². The number of hydrogen-bond donors (Lipinski definition) is 0. The molecule has 3 rings (SSSR count). The third kappa shape index (κ3) is 3.16. The van der Waals surface area contributed by atoms with E-state index in [1.807, 2.05) is 51.1 Å². The van der Waals surface area contributed by atoms with Crippen LogP contribution in [-0.2, 0) is 11.3 Å². The molecule has 0 aliphatic rings. The van der Waals surface area contributed by atoms with Crippen molar-refractivity contribution in [1.82, 2.24) is 30.3 Å². The molecule has 2 heterocycles. The lowest BCUT2D eigenvalue weighted by molar-refractivity contribution is 0.321. The Kier molecular flexibility index (Phi) is 3.93. The third-order valence-electron chi connectivity index (χ3n) is 2.90. The van der Waals surface area contributed by atoms with Gasteiger partial charge in [0.15, 0.2) is 0 Å². The van der Waals surface area contributed by atoms with E-state index in [4.69, 9.17) is 4.52 Å². The van der Waals surface area contributed by atoms with E-state index in [9.17, 15) is 0 Å². The van der Waals surface area contributed by atoms with E-state index in [1.54, 1.807) is 4.68 Å². The number of rotatable bonds is 4. The molecule has 0 aliphatic carbocycles. The van der Waals surface area contributed by atoms with Crippen molar-refractivity contribution in [2.75, 3.05) is 0 Å². The number of nitrogens with zero attached hydrogens (tertiary/aromatic N) is 6. The molecule has 0 saturated heterocycles. The minimum atomic E-state index is -0.171. The molecule has 8 heteroatoms. The molecular formula is C14H16N6OS. The van der Waals surface area contributed by atoms with Crippen LogP contribution >= 0.6 is 11.8 Å². The van der Waals surface area contributed by atoms with Crippen molar-refractivity contribution >= 4 is 11.8 Å². The predicted octanol–water partition coefficient (Wildman–Crippen LogP) is 2.77. The number of aromatic nitrogens is 6. The van der Waals surface area contributed by atoms with Gasteiger partial charge in [0.05, 0.1) is 11.3 Å². The first-order valence-electron chi connectivity index (χ1n) is 6.84. The second-order valence-electron chi connectivity index (χ2n) is 5.71. The fraction of sp³-hybridized carbons (Fsp3) is 0.357. The van der Waals surface area contributed by atoms with Gasteiger partial charge in [-0.2, -0.15) is 4.98 Å². The van der Waals surface area contributed by atoms with Crippen molar-refractivity contribution in [3.63, 3.8) is 0 Å². The van der Waals surface area contributed by atoms with Crippen LogP contribution in [0.3, 0.4) is 0 Å². The van der Waals surface area contributed by atoms with E-state index in [-0.39, 0.29) is 5.54 Å². The average Bonchev–Trinajstić information content (AvgIpc) is 3.15. The summed E-state index contributed by atoms with van der Waals surface area (Å²) in [5.74, 6) is 1.66. The summed E-state index contributed by atoms with van der Waals surface area (Å²) in [6.07, 6.45) is 0. The molecule has 22 heavy (non-hydrogen) atoms. The topological polar surface area (TPSA) is 82.5 Å². The van der Waals surface area contributed by atoms with E-state index in [2.05, 4.69) is 25.7 Å². The second-order valence-corrected chi connectivity index (χ2v) is 6.65. The number of tetrazole rings is 1. The number of thioether (sulfide) groups is 1. The molecule has 0 N–H and O–H groups in total. The molecule has 0 spiro atoms. The zero-order valence-corrected chi connectivity index (χ0v) is 13.4. The molecule has 1 aromatic carbocycles. The summed E-state index contributed by atoms with van der Waals surface area (Å²) < 4.78 is 7.07. The van der Waals surface area contributed by atoms with Gasteiger partial charge in [-0.15, -0.1) is 5.10 Å². The predicted molar refractivity (Wildman–Crippen MR) is 82.1 cm³/mol. The summed E-state index contributed by atoms with van der Waals surface area (Å²) in [5.41, 5.74) is 0.762. The van der Waals surface area contributed by atoms with Crippen molar-refractivity contribution in [3.05, 3.63) is 36.2 Å². The van der Waals surface area contributed by atoms with Gasteiger partial charge >= 0.3 is 0 Å². The highest BCUT2D eigenvalue weighted by Gasteiger charge is 2.20. The molecule has 0 fully saturated rings. The minimum Gasteiger partial charge on any atom is -0.338 e. The van der Waals surface area contributed by atoms with Crippen molar-refractivity contribution in [2.45, 2.75) is 37.2 Å². The monoisotopic (exact) mass is 316 g/mol. The molecule has 0 aliphatic heterocycles. The molecule has 0 unspecified atom stereocenters. The molecule has 0 bridgehead atoms. The van der Waals surface area contributed by atoms with E-state index in [0.29, 0.717) is 17.5 Å². The van der Waals surface area contributed by atoms with Crippen LogP contribution in [0.25, 0.3) is 11.4 Å². The quantitative estimate of drug-likeness (QED) is 0.684. The number of benzene rings is 1. The minimum absolute atomic E-state index is 0.171. The van der Waals surface area contributed by atoms with Crippen LogP contribution in [0.2, 0.25) is 0 Å². The van der Waals surface area contributed by atoms with E-state index < -0.39 is 0 Å². The first-order chi connectivity index (χ1) is 10.5. The van der Waals surface area contributed by atoms with E-state index in [0.717, 1.165) is 10.7 Å². The molecule has 3 aromatic rings. The summed E-state index contributed by atoms with van der Waals surface area (Å²) in [6, 6.07) is 9.73. The van der Waals surface area contributed by atoms with Gasteiger partial charge in [0.25, 0.3) is 0 Å². The molecule has 0 amide bonds. The Bertz CT molecular complexity index is 746. The van der Waals surface area contributed by atoms with Crippen molar-refractivity contribution in [3.8, 4) is 11.4 Å². The highest BCUT2D eigenvalue weighted by atomic mass is 32.2. The standard InChI is InChI=1S/C14H16N6OS/c1-14(2,3)20-13(16-18-19-20)22-9-11-15-12(17-21-11)10-7-5-4-6-8-10/h4-8H,9H2,1-3H3. The highest BCUT2D eigenvalue weighted by Crippen LogP contribution is 2.25. The molecule has 2 aromatic heterocycles. The van der Waals surface area contributed by atoms with Gasteiger partial charge in [0.2, 0.25) is 16.9 Å². The Morgan fingerprint density at radius 1 is 1.18 bits per heavy atom. The third-order valence-corrected chi connectivity index (χ3v) is 3.81. The summed E-state index contributed by atoms with van der Waals surface area (Å²) >= 11 is 1.47. The Morgan fingerprint density at radius 3 is 2.68 bits per heavy atom.